The van der Waals surface area contributed by atoms with Gasteiger partial charge in [0.1, 0.15) is 0 Å². The fraction of sp³-hybridized carbons (Fsp3) is 0.769. The first kappa shape index (κ1) is 15.5. The molecule has 6 nitrogen and oxygen atoms in total. The predicted octanol–water partition coefficient (Wildman–Crippen LogP) is 0.614. The van der Waals surface area contributed by atoms with Crippen molar-refractivity contribution in [1.29, 1.82) is 0 Å². The van der Waals surface area contributed by atoms with E-state index in [-0.39, 0.29) is 43.2 Å². The maximum absolute atomic E-state index is 11.8. The molecule has 0 bridgehead atoms. The minimum absolute atomic E-state index is 0.0133. The summed E-state index contributed by atoms with van der Waals surface area (Å²) in [5.74, 6) is -1.50. The van der Waals surface area contributed by atoms with Crippen LogP contribution in [0.3, 0.4) is 0 Å². The topological polar surface area (TPSA) is 86.7 Å². The Morgan fingerprint density at radius 3 is 2.79 bits per heavy atom. The van der Waals surface area contributed by atoms with Crippen LogP contribution in [-0.2, 0) is 14.4 Å². The van der Waals surface area contributed by atoms with Crippen LogP contribution in [-0.4, -0.2) is 46.9 Å². The summed E-state index contributed by atoms with van der Waals surface area (Å²) in [4.78, 5) is 35.8. The molecular weight excluding hydrogens is 248 g/mol. The molecule has 2 unspecified atom stereocenters. The molecule has 0 aromatic rings. The van der Waals surface area contributed by atoms with Gasteiger partial charge in [-0.05, 0) is 13.3 Å². The Balaban J connectivity index is 2.42. The molecule has 1 rings (SSSR count). The zero-order valence-electron chi connectivity index (χ0n) is 11.5. The maximum atomic E-state index is 11.8. The lowest BCUT2D eigenvalue weighted by Gasteiger charge is -2.24. The molecule has 0 radical (unpaired) electrons. The van der Waals surface area contributed by atoms with Crippen LogP contribution in [0.25, 0.3) is 0 Å². The molecule has 1 heterocycles. The van der Waals surface area contributed by atoms with Gasteiger partial charge in [0.05, 0.1) is 12.3 Å². The van der Waals surface area contributed by atoms with Gasteiger partial charge in [0, 0.05) is 25.6 Å². The van der Waals surface area contributed by atoms with Crippen LogP contribution in [0.1, 0.15) is 39.5 Å². The van der Waals surface area contributed by atoms with E-state index in [1.807, 2.05) is 6.92 Å². The van der Waals surface area contributed by atoms with E-state index in [4.69, 9.17) is 5.11 Å². The summed E-state index contributed by atoms with van der Waals surface area (Å²) < 4.78 is 0. The molecule has 1 aliphatic rings. The van der Waals surface area contributed by atoms with Gasteiger partial charge in [0.2, 0.25) is 11.8 Å². The third kappa shape index (κ3) is 4.54. The molecule has 108 valence electrons. The van der Waals surface area contributed by atoms with E-state index in [1.54, 1.807) is 4.90 Å². The second-order valence-corrected chi connectivity index (χ2v) is 5.02. The minimum Gasteiger partial charge on any atom is -0.481 e. The van der Waals surface area contributed by atoms with Crippen LogP contribution in [0.5, 0.6) is 0 Å². The quantitative estimate of drug-likeness (QED) is 0.710. The van der Waals surface area contributed by atoms with E-state index in [2.05, 4.69) is 12.2 Å². The highest BCUT2D eigenvalue weighted by molar-refractivity contribution is 5.89. The number of rotatable bonds is 7. The molecule has 2 N–H and O–H groups in total. The molecule has 0 saturated carbocycles. The van der Waals surface area contributed by atoms with Gasteiger partial charge < -0.3 is 15.3 Å². The Labute approximate surface area is 113 Å². The lowest BCUT2D eigenvalue weighted by atomic mass is 10.1. The van der Waals surface area contributed by atoms with E-state index < -0.39 is 5.97 Å². The van der Waals surface area contributed by atoms with Crippen LogP contribution in [0, 0.1) is 5.92 Å². The highest BCUT2D eigenvalue weighted by Crippen LogP contribution is 2.22. The zero-order chi connectivity index (χ0) is 14.4. The van der Waals surface area contributed by atoms with E-state index in [0.29, 0.717) is 6.54 Å². The van der Waals surface area contributed by atoms with Gasteiger partial charge in [-0.3, -0.25) is 14.4 Å². The average Bonchev–Trinajstić information content (AvgIpc) is 2.71. The molecule has 0 aliphatic carbocycles. The highest BCUT2D eigenvalue weighted by atomic mass is 16.4. The third-order valence-corrected chi connectivity index (χ3v) is 3.41. The molecule has 2 atom stereocenters. The first-order valence-corrected chi connectivity index (χ1v) is 6.74. The van der Waals surface area contributed by atoms with Gasteiger partial charge in [-0.15, -0.1) is 0 Å². The summed E-state index contributed by atoms with van der Waals surface area (Å²) >= 11 is 0. The van der Waals surface area contributed by atoms with Gasteiger partial charge in [-0.1, -0.05) is 13.3 Å². The van der Waals surface area contributed by atoms with Crippen molar-refractivity contribution in [3.63, 3.8) is 0 Å². The number of nitrogens with one attached hydrogen (secondary N) is 1. The Hall–Kier alpha value is -1.59. The molecule has 1 fully saturated rings. The molecule has 0 aromatic carbocycles. The van der Waals surface area contributed by atoms with Crippen molar-refractivity contribution >= 4 is 17.8 Å². The number of hydrogen-bond acceptors (Lipinski definition) is 3. The van der Waals surface area contributed by atoms with Crippen LogP contribution >= 0.6 is 0 Å². The number of carboxylic acid groups (broad SMARTS) is 1. The van der Waals surface area contributed by atoms with Crippen molar-refractivity contribution < 1.29 is 19.5 Å². The minimum atomic E-state index is -0.944. The van der Waals surface area contributed by atoms with Gasteiger partial charge >= 0.3 is 5.97 Å². The smallest absolute Gasteiger partial charge is 0.305 e. The zero-order valence-corrected chi connectivity index (χ0v) is 11.5. The predicted molar refractivity (Wildman–Crippen MR) is 69.5 cm³/mol. The molecule has 1 saturated heterocycles. The van der Waals surface area contributed by atoms with Crippen molar-refractivity contribution in [2.75, 3.05) is 13.1 Å². The van der Waals surface area contributed by atoms with Crippen LogP contribution < -0.4 is 5.32 Å². The van der Waals surface area contributed by atoms with Gasteiger partial charge in [-0.25, -0.2) is 0 Å². The van der Waals surface area contributed by atoms with Crippen LogP contribution in [0.4, 0.5) is 0 Å². The molecule has 0 spiro atoms. The molecule has 2 amide bonds. The fourth-order valence-corrected chi connectivity index (χ4v) is 2.34. The van der Waals surface area contributed by atoms with E-state index in [1.165, 1.54) is 0 Å². The summed E-state index contributed by atoms with van der Waals surface area (Å²) in [7, 11) is 0. The third-order valence-electron chi connectivity index (χ3n) is 3.41. The SMILES string of the molecule is CCCC(C)N1CC(C(=O)NCCC(=O)O)CC1=O. The summed E-state index contributed by atoms with van der Waals surface area (Å²) in [5.41, 5.74) is 0. The van der Waals surface area contributed by atoms with Crippen LogP contribution in [0.2, 0.25) is 0 Å². The summed E-state index contributed by atoms with van der Waals surface area (Å²) in [6.45, 7) is 4.61. The molecule has 6 heteroatoms. The largest absolute Gasteiger partial charge is 0.481 e. The van der Waals surface area contributed by atoms with Crippen molar-refractivity contribution in [2.24, 2.45) is 5.92 Å². The van der Waals surface area contributed by atoms with Gasteiger partial charge in [0.15, 0.2) is 0 Å². The highest BCUT2D eigenvalue weighted by Gasteiger charge is 2.36. The first-order chi connectivity index (χ1) is 8.95. The second kappa shape index (κ2) is 7.11. The van der Waals surface area contributed by atoms with Crippen LogP contribution in [0.15, 0.2) is 0 Å². The molecule has 19 heavy (non-hydrogen) atoms. The molecule has 0 aromatic heterocycles. The van der Waals surface area contributed by atoms with E-state index >= 15 is 0 Å². The van der Waals surface area contributed by atoms with E-state index in [0.717, 1.165) is 12.8 Å². The van der Waals surface area contributed by atoms with E-state index in [9.17, 15) is 14.4 Å². The molecule has 1 aliphatic heterocycles. The Bertz CT molecular complexity index is 357. The Morgan fingerprint density at radius 2 is 2.21 bits per heavy atom. The van der Waals surface area contributed by atoms with Crippen molar-refractivity contribution in [1.82, 2.24) is 10.2 Å². The average molecular weight is 270 g/mol. The molecular formula is C13H22N2O4. The number of likely N-dealkylation sites (tertiary alicyclic amines) is 1. The normalized spacial score (nSPS) is 20.4. The number of carbonyl (C=O) groups is 3. The van der Waals surface area contributed by atoms with Gasteiger partial charge in [-0.2, -0.15) is 0 Å². The van der Waals surface area contributed by atoms with Crippen molar-refractivity contribution in [2.45, 2.75) is 45.6 Å². The summed E-state index contributed by atoms with van der Waals surface area (Å²) in [6.07, 6.45) is 2.06. The Morgan fingerprint density at radius 1 is 1.53 bits per heavy atom. The number of hydrogen-bond donors (Lipinski definition) is 2. The monoisotopic (exact) mass is 270 g/mol. The van der Waals surface area contributed by atoms with Crippen molar-refractivity contribution in [3.05, 3.63) is 0 Å². The number of carbonyl (C=O) groups excluding carboxylic acids is 2. The standard InChI is InChI=1S/C13H22N2O4/c1-3-4-9(2)15-8-10(7-11(15)16)13(19)14-6-5-12(17)18/h9-10H,3-8H2,1-2H3,(H,14,19)(H,17,18). The summed E-state index contributed by atoms with van der Waals surface area (Å²) in [6, 6.07) is 0.161. The van der Waals surface area contributed by atoms with Crippen molar-refractivity contribution in [3.8, 4) is 0 Å². The van der Waals surface area contributed by atoms with Gasteiger partial charge in [0.25, 0.3) is 0 Å². The number of nitrogens with zero attached hydrogens (tertiary/aromatic N) is 1. The summed E-state index contributed by atoms with van der Waals surface area (Å²) in [5, 5.41) is 11.1. The number of amides is 2. The Kier molecular flexibility index (Phi) is 5.79. The maximum Gasteiger partial charge on any atom is 0.305 e. The second-order valence-electron chi connectivity index (χ2n) is 5.02. The first-order valence-electron chi connectivity index (χ1n) is 6.74. The lowest BCUT2D eigenvalue weighted by Crippen LogP contribution is -2.37. The fourth-order valence-electron chi connectivity index (χ4n) is 2.34. The number of carboxylic acids is 1. The number of aliphatic carboxylic acids is 1. The lowest BCUT2D eigenvalue weighted by molar-refractivity contribution is -0.137.